The second kappa shape index (κ2) is 5.19. The largest absolute Gasteiger partial charge is 0.497 e. The molecule has 1 heterocycles. The Morgan fingerprint density at radius 2 is 2.18 bits per heavy atom. The van der Waals surface area contributed by atoms with Gasteiger partial charge in [-0.05, 0) is 41.7 Å². The Morgan fingerprint density at radius 1 is 1.35 bits per heavy atom. The first kappa shape index (κ1) is 11.9. The molecule has 0 aliphatic carbocycles. The topological polar surface area (TPSA) is 18.5 Å². The number of methoxy groups -OCH3 is 1. The number of rotatable bonds is 2. The lowest BCUT2D eigenvalue weighted by molar-refractivity contribution is 0.0847. The highest BCUT2D eigenvalue weighted by Crippen LogP contribution is 2.34. The first-order valence-electron chi connectivity index (χ1n) is 5.85. The van der Waals surface area contributed by atoms with Crippen LogP contribution < -0.4 is 4.74 Å². The number of benzene rings is 1. The predicted octanol–water partition coefficient (Wildman–Crippen LogP) is 3.66. The summed E-state index contributed by atoms with van der Waals surface area (Å²) in [6, 6.07) is 7.93. The highest BCUT2D eigenvalue weighted by atomic mass is 16.5. The molecule has 90 valence electrons. The van der Waals surface area contributed by atoms with Crippen LogP contribution in [0.2, 0.25) is 0 Å². The minimum absolute atomic E-state index is 0.0832. The molecule has 0 bridgehead atoms. The first-order chi connectivity index (χ1) is 8.22. The van der Waals surface area contributed by atoms with E-state index in [4.69, 9.17) is 9.47 Å². The lowest BCUT2D eigenvalue weighted by atomic mass is 9.96. The van der Waals surface area contributed by atoms with Crippen molar-refractivity contribution in [2.75, 3.05) is 13.7 Å². The standard InChI is InChI=1S/C15H18O2/c1-11-6-5-9-17-15(12(11)2)13-7-4-8-14(10-13)16-3/h4,7-8,10,15H,1-2,5-6,9H2,3H3. The van der Waals surface area contributed by atoms with Crippen molar-refractivity contribution in [3.63, 3.8) is 0 Å². The molecule has 1 fully saturated rings. The van der Waals surface area contributed by atoms with E-state index in [1.54, 1.807) is 7.11 Å². The Balaban J connectivity index is 2.30. The van der Waals surface area contributed by atoms with E-state index < -0.39 is 0 Å². The van der Waals surface area contributed by atoms with Crippen LogP contribution in [0.5, 0.6) is 5.75 Å². The molecule has 17 heavy (non-hydrogen) atoms. The fourth-order valence-electron chi connectivity index (χ4n) is 2.04. The van der Waals surface area contributed by atoms with Crippen LogP contribution in [0, 0.1) is 0 Å². The van der Waals surface area contributed by atoms with Crippen LogP contribution in [-0.2, 0) is 4.74 Å². The van der Waals surface area contributed by atoms with Gasteiger partial charge in [0, 0.05) is 6.61 Å². The van der Waals surface area contributed by atoms with Crippen molar-refractivity contribution in [3.05, 3.63) is 54.1 Å². The lowest BCUT2D eigenvalue weighted by Gasteiger charge is -2.19. The van der Waals surface area contributed by atoms with Crippen LogP contribution in [0.3, 0.4) is 0 Å². The Hall–Kier alpha value is -1.54. The third-order valence-electron chi connectivity index (χ3n) is 3.07. The van der Waals surface area contributed by atoms with E-state index in [0.29, 0.717) is 0 Å². The van der Waals surface area contributed by atoms with E-state index in [1.165, 1.54) is 0 Å². The van der Waals surface area contributed by atoms with Crippen molar-refractivity contribution >= 4 is 0 Å². The summed E-state index contributed by atoms with van der Waals surface area (Å²) >= 11 is 0. The van der Waals surface area contributed by atoms with Crippen molar-refractivity contribution in [3.8, 4) is 5.75 Å². The van der Waals surface area contributed by atoms with Crippen molar-refractivity contribution in [1.82, 2.24) is 0 Å². The van der Waals surface area contributed by atoms with Crippen molar-refractivity contribution < 1.29 is 9.47 Å². The Morgan fingerprint density at radius 3 is 2.94 bits per heavy atom. The SMILES string of the molecule is C=C1CCCOC(c2cccc(OC)c2)C1=C. The average Bonchev–Trinajstić information content (AvgIpc) is 2.53. The van der Waals surface area contributed by atoms with E-state index in [2.05, 4.69) is 13.2 Å². The Kier molecular flexibility index (Phi) is 3.64. The van der Waals surface area contributed by atoms with E-state index in [9.17, 15) is 0 Å². The van der Waals surface area contributed by atoms with Crippen LogP contribution >= 0.6 is 0 Å². The molecule has 0 amide bonds. The molecule has 1 aromatic carbocycles. The number of hydrogen-bond donors (Lipinski definition) is 0. The predicted molar refractivity (Wildman–Crippen MR) is 69.2 cm³/mol. The van der Waals surface area contributed by atoms with Crippen LogP contribution in [0.25, 0.3) is 0 Å². The van der Waals surface area contributed by atoms with Gasteiger partial charge in [-0.1, -0.05) is 25.3 Å². The molecular formula is C15H18O2. The highest BCUT2D eigenvalue weighted by Gasteiger charge is 2.21. The van der Waals surface area contributed by atoms with E-state index in [-0.39, 0.29) is 6.10 Å². The molecule has 0 aromatic heterocycles. The maximum absolute atomic E-state index is 5.86. The maximum atomic E-state index is 5.86. The smallest absolute Gasteiger partial charge is 0.119 e. The summed E-state index contributed by atoms with van der Waals surface area (Å²) in [6.45, 7) is 8.92. The van der Waals surface area contributed by atoms with Gasteiger partial charge in [-0.25, -0.2) is 0 Å². The second-order valence-electron chi connectivity index (χ2n) is 4.26. The number of hydrogen-bond acceptors (Lipinski definition) is 2. The third-order valence-corrected chi connectivity index (χ3v) is 3.07. The first-order valence-corrected chi connectivity index (χ1v) is 5.85. The molecule has 0 spiro atoms. The average molecular weight is 230 g/mol. The minimum atomic E-state index is -0.0832. The number of ether oxygens (including phenoxy) is 2. The minimum Gasteiger partial charge on any atom is -0.497 e. The summed E-state index contributed by atoms with van der Waals surface area (Å²) in [5.74, 6) is 0.841. The fraction of sp³-hybridized carbons (Fsp3) is 0.333. The van der Waals surface area contributed by atoms with Gasteiger partial charge in [-0.3, -0.25) is 0 Å². The molecule has 0 N–H and O–H groups in total. The fourth-order valence-corrected chi connectivity index (χ4v) is 2.04. The quantitative estimate of drug-likeness (QED) is 0.772. The zero-order valence-electron chi connectivity index (χ0n) is 10.2. The third kappa shape index (κ3) is 2.59. The molecule has 1 aromatic rings. The molecule has 1 atom stereocenters. The molecule has 1 aliphatic rings. The summed E-state index contributed by atoms with van der Waals surface area (Å²) < 4.78 is 11.1. The van der Waals surface area contributed by atoms with Crippen LogP contribution in [0.1, 0.15) is 24.5 Å². The van der Waals surface area contributed by atoms with Gasteiger partial charge in [0.1, 0.15) is 11.9 Å². The zero-order chi connectivity index (χ0) is 12.3. The molecule has 1 unspecified atom stereocenters. The molecule has 1 saturated heterocycles. The zero-order valence-corrected chi connectivity index (χ0v) is 10.2. The van der Waals surface area contributed by atoms with Gasteiger partial charge in [0.05, 0.1) is 7.11 Å². The van der Waals surface area contributed by atoms with E-state index in [1.807, 2.05) is 24.3 Å². The summed E-state index contributed by atoms with van der Waals surface area (Å²) in [7, 11) is 1.67. The summed E-state index contributed by atoms with van der Waals surface area (Å²) in [5.41, 5.74) is 3.16. The molecule has 2 nitrogen and oxygen atoms in total. The van der Waals surface area contributed by atoms with Crippen molar-refractivity contribution in [2.24, 2.45) is 0 Å². The van der Waals surface area contributed by atoms with Gasteiger partial charge in [0.15, 0.2) is 0 Å². The van der Waals surface area contributed by atoms with E-state index in [0.717, 1.165) is 41.9 Å². The molecule has 2 rings (SSSR count). The highest BCUT2D eigenvalue weighted by molar-refractivity contribution is 5.39. The molecule has 0 radical (unpaired) electrons. The van der Waals surface area contributed by atoms with Gasteiger partial charge in [-0.15, -0.1) is 0 Å². The lowest BCUT2D eigenvalue weighted by Crippen LogP contribution is -2.06. The molecular weight excluding hydrogens is 212 g/mol. The van der Waals surface area contributed by atoms with Crippen LogP contribution in [0.4, 0.5) is 0 Å². The molecule has 1 aliphatic heterocycles. The normalized spacial score (nSPS) is 21.1. The summed E-state index contributed by atoms with van der Waals surface area (Å²) in [5, 5.41) is 0. The van der Waals surface area contributed by atoms with Gasteiger partial charge in [-0.2, -0.15) is 0 Å². The van der Waals surface area contributed by atoms with E-state index >= 15 is 0 Å². The van der Waals surface area contributed by atoms with Crippen molar-refractivity contribution in [1.29, 1.82) is 0 Å². The van der Waals surface area contributed by atoms with Crippen molar-refractivity contribution in [2.45, 2.75) is 18.9 Å². The van der Waals surface area contributed by atoms with Gasteiger partial charge < -0.3 is 9.47 Å². The Bertz CT molecular complexity index is 434. The van der Waals surface area contributed by atoms with Crippen LogP contribution in [-0.4, -0.2) is 13.7 Å². The summed E-state index contributed by atoms with van der Waals surface area (Å²) in [6.07, 6.45) is 1.90. The van der Waals surface area contributed by atoms with Crippen LogP contribution in [0.15, 0.2) is 48.6 Å². The van der Waals surface area contributed by atoms with Gasteiger partial charge in [0.2, 0.25) is 0 Å². The van der Waals surface area contributed by atoms with Gasteiger partial charge >= 0.3 is 0 Å². The monoisotopic (exact) mass is 230 g/mol. The summed E-state index contributed by atoms with van der Waals surface area (Å²) in [4.78, 5) is 0. The second-order valence-corrected chi connectivity index (χ2v) is 4.26. The Labute approximate surface area is 103 Å². The van der Waals surface area contributed by atoms with Gasteiger partial charge in [0.25, 0.3) is 0 Å². The maximum Gasteiger partial charge on any atom is 0.119 e. The molecule has 0 saturated carbocycles. The molecule has 2 heteroatoms.